The number of aryl methyl sites for hydroxylation is 1. The number of anilines is 1. The number of thioether (sulfide) groups is 1. The van der Waals surface area contributed by atoms with Crippen molar-refractivity contribution in [2.45, 2.75) is 17.8 Å². The van der Waals surface area contributed by atoms with Gasteiger partial charge in [0.2, 0.25) is 0 Å². The summed E-state index contributed by atoms with van der Waals surface area (Å²) in [5.74, 6) is 1.63. The van der Waals surface area contributed by atoms with E-state index in [1.165, 1.54) is 0 Å². The molecule has 0 fully saturated rings. The van der Waals surface area contributed by atoms with Crippen LogP contribution in [-0.4, -0.2) is 14.8 Å². The molecular formula is C11H13ClN4S. The molecule has 4 nitrogen and oxygen atoms in total. The summed E-state index contributed by atoms with van der Waals surface area (Å²) >= 11 is 7.69. The lowest BCUT2D eigenvalue weighted by molar-refractivity contribution is 0.765. The van der Waals surface area contributed by atoms with Crippen LogP contribution in [0.1, 0.15) is 11.4 Å². The van der Waals surface area contributed by atoms with E-state index in [9.17, 15) is 0 Å². The fraction of sp³-hybridized carbons (Fsp3) is 0.273. The largest absolute Gasteiger partial charge is 0.399 e. The van der Waals surface area contributed by atoms with Gasteiger partial charge in [-0.1, -0.05) is 23.4 Å². The van der Waals surface area contributed by atoms with E-state index in [4.69, 9.17) is 17.3 Å². The summed E-state index contributed by atoms with van der Waals surface area (Å²) < 4.78 is 1.95. The Labute approximate surface area is 109 Å². The molecule has 0 aliphatic rings. The first-order chi connectivity index (χ1) is 8.08. The molecule has 0 radical (unpaired) electrons. The van der Waals surface area contributed by atoms with Crippen LogP contribution in [0.25, 0.3) is 0 Å². The Kier molecular flexibility index (Phi) is 3.59. The Morgan fingerprint density at radius 2 is 2.18 bits per heavy atom. The van der Waals surface area contributed by atoms with E-state index >= 15 is 0 Å². The fourth-order valence-corrected chi connectivity index (χ4v) is 2.57. The Hall–Kier alpha value is -1.20. The van der Waals surface area contributed by atoms with Crippen molar-refractivity contribution in [2.24, 2.45) is 7.05 Å². The molecular weight excluding hydrogens is 256 g/mol. The van der Waals surface area contributed by atoms with Crippen molar-refractivity contribution in [3.05, 3.63) is 34.6 Å². The van der Waals surface area contributed by atoms with Gasteiger partial charge in [-0.15, -0.1) is 10.2 Å². The molecule has 2 aromatic rings. The predicted molar refractivity (Wildman–Crippen MR) is 71.2 cm³/mol. The maximum Gasteiger partial charge on any atom is 0.191 e. The Balaban J connectivity index is 2.12. The van der Waals surface area contributed by atoms with Crippen molar-refractivity contribution in [3.63, 3.8) is 0 Å². The summed E-state index contributed by atoms with van der Waals surface area (Å²) in [7, 11) is 1.94. The van der Waals surface area contributed by atoms with E-state index in [2.05, 4.69) is 10.2 Å². The molecule has 0 saturated carbocycles. The molecule has 1 heterocycles. The first-order valence-corrected chi connectivity index (χ1v) is 6.47. The Morgan fingerprint density at radius 1 is 1.41 bits per heavy atom. The summed E-state index contributed by atoms with van der Waals surface area (Å²) in [5.41, 5.74) is 7.46. The van der Waals surface area contributed by atoms with Gasteiger partial charge >= 0.3 is 0 Å². The molecule has 0 bridgehead atoms. The van der Waals surface area contributed by atoms with E-state index in [0.717, 1.165) is 33.0 Å². The number of hydrogen-bond acceptors (Lipinski definition) is 4. The van der Waals surface area contributed by atoms with Crippen molar-refractivity contribution >= 4 is 29.1 Å². The van der Waals surface area contributed by atoms with Gasteiger partial charge in [-0.05, 0) is 30.7 Å². The second-order valence-corrected chi connectivity index (χ2v) is 5.08. The third kappa shape index (κ3) is 2.73. The van der Waals surface area contributed by atoms with Crippen LogP contribution in [0.2, 0.25) is 5.02 Å². The standard InChI is InChI=1S/C11H13ClN4S/c1-7-14-15-11(16(7)2)17-6-8-5-9(13)3-4-10(8)12/h3-5H,6,13H2,1-2H3. The number of rotatable bonds is 3. The molecule has 0 aliphatic heterocycles. The smallest absolute Gasteiger partial charge is 0.191 e. The molecule has 6 heteroatoms. The van der Waals surface area contributed by atoms with Crippen molar-refractivity contribution in [1.82, 2.24) is 14.8 Å². The van der Waals surface area contributed by atoms with Gasteiger partial charge in [0.05, 0.1) is 0 Å². The van der Waals surface area contributed by atoms with Crippen LogP contribution in [-0.2, 0) is 12.8 Å². The third-order valence-electron chi connectivity index (χ3n) is 2.48. The van der Waals surface area contributed by atoms with Crippen LogP contribution < -0.4 is 5.73 Å². The third-order valence-corrected chi connectivity index (χ3v) is 3.92. The zero-order valence-electron chi connectivity index (χ0n) is 9.64. The molecule has 2 N–H and O–H groups in total. The minimum Gasteiger partial charge on any atom is -0.399 e. The van der Waals surface area contributed by atoms with Gasteiger partial charge in [-0.3, -0.25) is 0 Å². The normalized spacial score (nSPS) is 10.8. The van der Waals surface area contributed by atoms with Gasteiger partial charge < -0.3 is 10.3 Å². The highest BCUT2D eigenvalue weighted by molar-refractivity contribution is 7.98. The van der Waals surface area contributed by atoms with Crippen LogP contribution in [0.5, 0.6) is 0 Å². The van der Waals surface area contributed by atoms with E-state index in [1.54, 1.807) is 17.8 Å². The topological polar surface area (TPSA) is 56.7 Å². The number of nitrogens with zero attached hydrogens (tertiary/aromatic N) is 3. The number of aromatic nitrogens is 3. The van der Waals surface area contributed by atoms with Crippen molar-refractivity contribution in [3.8, 4) is 0 Å². The minimum absolute atomic E-state index is 0.721. The number of nitrogens with two attached hydrogens (primary N) is 1. The summed E-state index contributed by atoms with van der Waals surface area (Å²) in [6.07, 6.45) is 0. The first kappa shape index (κ1) is 12.3. The zero-order chi connectivity index (χ0) is 12.4. The molecule has 0 saturated heterocycles. The first-order valence-electron chi connectivity index (χ1n) is 5.10. The second-order valence-electron chi connectivity index (χ2n) is 3.73. The lowest BCUT2D eigenvalue weighted by Crippen LogP contribution is -1.94. The Morgan fingerprint density at radius 3 is 2.82 bits per heavy atom. The van der Waals surface area contributed by atoms with Crippen LogP contribution in [0.15, 0.2) is 23.4 Å². The monoisotopic (exact) mass is 268 g/mol. The molecule has 1 aromatic heterocycles. The van der Waals surface area contributed by atoms with Gasteiger partial charge in [0.25, 0.3) is 0 Å². The highest BCUT2D eigenvalue weighted by Gasteiger charge is 2.07. The molecule has 17 heavy (non-hydrogen) atoms. The molecule has 90 valence electrons. The van der Waals surface area contributed by atoms with Crippen molar-refractivity contribution in [1.29, 1.82) is 0 Å². The highest BCUT2D eigenvalue weighted by atomic mass is 35.5. The van der Waals surface area contributed by atoms with E-state index in [0.29, 0.717) is 0 Å². The van der Waals surface area contributed by atoms with Crippen molar-refractivity contribution < 1.29 is 0 Å². The average molecular weight is 269 g/mol. The maximum absolute atomic E-state index is 6.10. The van der Waals surface area contributed by atoms with Gasteiger partial charge in [-0.25, -0.2) is 0 Å². The lowest BCUT2D eigenvalue weighted by atomic mass is 10.2. The van der Waals surface area contributed by atoms with Crippen molar-refractivity contribution in [2.75, 3.05) is 5.73 Å². The SMILES string of the molecule is Cc1nnc(SCc2cc(N)ccc2Cl)n1C. The summed E-state index contributed by atoms with van der Waals surface area (Å²) in [6.45, 7) is 1.92. The highest BCUT2D eigenvalue weighted by Crippen LogP contribution is 2.26. The maximum atomic E-state index is 6.10. The summed E-state index contributed by atoms with van der Waals surface area (Å²) in [6, 6.07) is 5.50. The number of nitrogen functional groups attached to an aromatic ring is 1. The van der Waals surface area contributed by atoms with E-state index in [1.807, 2.05) is 30.7 Å². The quantitative estimate of drug-likeness (QED) is 0.687. The molecule has 1 aromatic carbocycles. The Bertz CT molecular complexity index is 538. The van der Waals surface area contributed by atoms with Crippen LogP contribution in [0.3, 0.4) is 0 Å². The van der Waals surface area contributed by atoms with Gasteiger partial charge in [0.1, 0.15) is 5.82 Å². The van der Waals surface area contributed by atoms with Crippen LogP contribution >= 0.6 is 23.4 Å². The predicted octanol–water partition coefficient (Wildman–Crippen LogP) is 2.65. The second kappa shape index (κ2) is 4.98. The lowest BCUT2D eigenvalue weighted by Gasteiger charge is -2.05. The average Bonchev–Trinajstić information content (AvgIpc) is 2.62. The van der Waals surface area contributed by atoms with Gasteiger partial charge in [0, 0.05) is 23.5 Å². The van der Waals surface area contributed by atoms with Crippen LogP contribution in [0.4, 0.5) is 5.69 Å². The molecule has 0 aliphatic carbocycles. The van der Waals surface area contributed by atoms with Crippen LogP contribution in [0, 0.1) is 6.92 Å². The summed E-state index contributed by atoms with van der Waals surface area (Å²) in [4.78, 5) is 0. The van der Waals surface area contributed by atoms with E-state index in [-0.39, 0.29) is 0 Å². The molecule has 0 amide bonds. The zero-order valence-corrected chi connectivity index (χ0v) is 11.2. The molecule has 0 atom stereocenters. The molecule has 0 spiro atoms. The molecule has 2 rings (SSSR count). The number of hydrogen-bond donors (Lipinski definition) is 1. The number of benzene rings is 1. The summed E-state index contributed by atoms with van der Waals surface area (Å²) in [5, 5.41) is 9.69. The molecule has 0 unspecified atom stereocenters. The van der Waals surface area contributed by atoms with Gasteiger partial charge in [0.15, 0.2) is 5.16 Å². The number of halogens is 1. The minimum atomic E-state index is 0.721. The van der Waals surface area contributed by atoms with E-state index < -0.39 is 0 Å². The van der Waals surface area contributed by atoms with Gasteiger partial charge in [-0.2, -0.15) is 0 Å². The fourth-order valence-electron chi connectivity index (χ4n) is 1.36.